The number of rotatable bonds is 5. The normalized spacial score (nSPS) is 9.88. The SMILES string of the molecule is CC(=O)NCc1ccc(C(=O)NCCO)s1. The molecule has 1 aromatic rings. The van der Waals surface area contributed by atoms with Crippen LogP contribution in [-0.4, -0.2) is 30.1 Å². The fraction of sp³-hybridized carbons (Fsp3) is 0.400. The van der Waals surface area contributed by atoms with Gasteiger partial charge in [0.1, 0.15) is 0 Å². The predicted molar refractivity (Wildman–Crippen MR) is 61.3 cm³/mol. The lowest BCUT2D eigenvalue weighted by Gasteiger charge is -1.99. The first-order valence-corrected chi connectivity index (χ1v) is 5.67. The molecule has 0 aliphatic rings. The van der Waals surface area contributed by atoms with Crippen molar-refractivity contribution in [3.8, 4) is 0 Å². The number of hydrogen-bond acceptors (Lipinski definition) is 4. The molecule has 1 heterocycles. The van der Waals surface area contributed by atoms with Crippen molar-refractivity contribution >= 4 is 23.2 Å². The van der Waals surface area contributed by atoms with Crippen LogP contribution in [-0.2, 0) is 11.3 Å². The first-order valence-electron chi connectivity index (χ1n) is 4.85. The van der Waals surface area contributed by atoms with Gasteiger partial charge < -0.3 is 15.7 Å². The molecule has 0 aromatic carbocycles. The van der Waals surface area contributed by atoms with Gasteiger partial charge >= 0.3 is 0 Å². The Hall–Kier alpha value is -1.40. The van der Waals surface area contributed by atoms with Crippen LogP contribution < -0.4 is 10.6 Å². The van der Waals surface area contributed by atoms with Crippen molar-refractivity contribution < 1.29 is 14.7 Å². The zero-order chi connectivity index (χ0) is 12.0. The van der Waals surface area contributed by atoms with Gasteiger partial charge in [-0.1, -0.05) is 0 Å². The Morgan fingerprint density at radius 2 is 2.12 bits per heavy atom. The van der Waals surface area contributed by atoms with Crippen molar-refractivity contribution in [3.05, 3.63) is 21.9 Å². The quantitative estimate of drug-likeness (QED) is 0.685. The van der Waals surface area contributed by atoms with E-state index in [1.54, 1.807) is 12.1 Å². The van der Waals surface area contributed by atoms with Gasteiger partial charge in [0.25, 0.3) is 5.91 Å². The minimum absolute atomic E-state index is 0.0735. The summed E-state index contributed by atoms with van der Waals surface area (Å²) in [4.78, 5) is 23.6. The minimum atomic E-state index is -0.201. The summed E-state index contributed by atoms with van der Waals surface area (Å²) in [7, 11) is 0. The zero-order valence-corrected chi connectivity index (χ0v) is 9.76. The van der Waals surface area contributed by atoms with Crippen LogP contribution in [0.25, 0.3) is 0 Å². The average Bonchev–Trinajstić information content (AvgIpc) is 2.71. The number of nitrogens with one attached hydrogen (secondary N) is 2. The number of hydrogen-bond donors (Lipinski definition) is 3. The molecule has 0 saturated carbocycles. The van der Waals surface area contributed by atoms with Crippen molar-refractivity contribution in [2.75, 3.05) is 13.2 Å². The van der Waals surface area contributed by atoms with Gasteiger partial charge in [0.2, 0.25) is 5.91 Å². The third kappa shape index (κ3) is 4.00. The van der Waals surface area contributed by atoms with Crippen LogP contribution in [0.3, 0.4) is 0 Å². The molecule has 0 atom stereocenters. The molecular formula is C10H14N2O3S. The molecule has 1 aromatic heterocycles. The second kappa shape index (κ2) is 6.24. The summed E-state index contributed by atoms with van der Waals surface area (Å²) in [5.41, 5.74) is 0. The number of carbonyl (C=O) groups is 2. The number of aliphatic hydroxyl groups is 1. The second-order valence-electron chi connectivity index (χ2n) is 3.16. The topological polar surface area (TPSA) is 78.4 Å². The van der Waals surface area contributed by atoms with Crippen LogP contribution in [0.2, 0.25) is 0 Å². The van der Waals surface area contributed by atoms with Gasteiger partial charge in [0.05, 0.1) is 18.0 Å². The Bertz CT molecular complexity index is 376. The summed E-state index contributed by atoms with van der Waals surface area (Å²) in [5, 5.41) is 13.8. The monoisotopic (exact) mass is 242 g/mol. The summed E-state index contributed by atoms with van der Waals surface area (Å²) in [6.45, 7) is 2.06. The number of aliphatic hydroxyl groups excluding tert-OH is 1. The van der Waals surface area contributed by atoms with Gasteiger partial charge in [-0.2, -0.15) is 0 Å². The Morgan fingerprint density at radius 3 is 2.75 bits per heavy atom. The van der Waals surface area contributed by atoms with E-state index in [0.29, 0.717) is 11.4 Å². The van der Waals surface area contributed by atoms with Gasteiger partial charge in [0.15, 0.2) is 0 Å². The summed E-state index contributed by atoms with van der Waals surface area (Å²) in [6.07, 6.45) is 0. The first kappa shape index (κ1) is 12.7. The molecule has 6 heteroatoms. The van der Waals surface area contributed by atoms with Gasteiger partial charge in [0, 0.05) is 18.3 Å². The highest BCUT2D eigenvalue weighted by Gasteiger charge is 2.08. The van der Waals surface area contributed by atoms with Gasteiger partial charge in [-0.15, -0.1) is 11.3 Å². The second-order valence-corrected chi connectivity index (χ2v) is 4.32. The van der Waals surface area contributed by atoms with E-state index in [1.807, 2.05) is 0 Å². The summed E-state index contributed by atoms with van der Waals surface area (Å²) in [5.74, 6) is -0.298. The fourth-order valence-electron chi connectivity index (χ4n) is 1.06. The number of thiophene rings is 1. The molecule has 0 spiro atoms. The van der Waals surface area contributed by atoms with E-state index in [2.05, 4.69) is 10.6 Å². The van der Waals surface area contributed by atoms with Gasteiger partial charge in [-0.3, -0.25) is 9.59 Å². The lowest BCUT2D eigenvalue weighted by Crippen LogP contribution is -2.25. The van der Waals surface area contributed by atoms with Crippen molar-refractivity contribution in [3.63, 3.8) is 0 Å². The van der Waals surface area contributed by atoms with Crippen molar-refractivity contribution in [1.82, 2.24) is 10.6 Å². The molecule has 5 nitrogen and oxygen atoms in total. The fourth-order valence-corrected chi connectivity index (χ4v) is 1.93. The maximum atomic E-state index is 11.5. The molecule has 16 heavy (non-hydrogen) atoms. The van der Waals surface area contributed by atoms with Crippen LogP contribution in [0, 0.1) is 0 Å². The van der Waals surface area contributed by atoms with E-state index in [-0.39, 0.29) is 25.0 Å². The number of amides is 2. The van der Waals surface area contributed by atoms with E-state index >= 15 is 0 Å². The lowest BCUT2D eigenvalue weighted by molar-refractivity contribution is -0.119. The Morgan fingerprint density at radius 1 is 1.38 bits per heavy atom. The minimum Gasteiger partial charge on any atom is -0.395 e. The highest BCUT2D eigenvalue weighted by Crippen LogP contribution is 2.15. The molecule has 1 rings (SSSR count). The van der Waals surface area contributed by atoms with E-state index in [1.165, 1.54) is 18.3 Å². The highest BCUT2D eigenvalue weighted by atomic mass is 32.1. The molecule has 2 amide bonds. The van der Waals surface area contributed by atoms with Gasteiger partial charge in [-0.25, -0.2) is 0 Å². The zero-order valence-electron chi connectivity index (χ0n) is 8.95. The third-order valence-corrected chi connectivity index (χ3v) is 2.88. The average molecular weight is 242 g/mol. The van der Waals surface area contributed by atoms with Crippen molar-refractivity contribution in [2.24, 2.45) is 0 Å². The Balaban J connectivity index is 2.50. The first-order chi connectivity index (χ1) is 7.63. The van der Waals surface area contributed by atoms with Crippen molar-refractivity contribution in [2.45, 2.75) is 13.5 Å². The molecule has 0 aliphatic carbocycles. The smallest absolute Gasteiger partial charge is 0.261 e. The van der Waals surface area contributed by atoms with Gasteiger partial charge in [-0.05, 0) is 12.1 Å². The molecule has 0 saturated heterocycles. The van der Waals surface area contributed by atoms with Crippen LogP contribution >= 0.6 is 11.3 Å². The molecule has 0 radical (unpaired) electrons. The van der Waals surface area contributed by atoms with E-state index < -0.39 is 0 Å². The summed E-state index contributed by atoms with van der Waals surface area (Å²) >= 11 is 1.33. The Labute approximate surface area is 97.5 Å². The summed E-state index contributed by atoms with van der Waals surface area (Å²) in [6, 6.07) is 3.50. The maximum Gasteiger partial charge on any atom is 0.261 e. The van der Waals surface area contributed by atoms with E-state index in [9.17, 15) is 9.59 Å². The van der Waals surface area contributed by atoms with Crippen LogP contribution in [0.15, 0.2) is 12.1 Å². The van der Waals surface area contributed by atoms with E-state index in [0.717, 1.165) is 4.88 Å². The molecule has 0 fully saturated rings. The lowest BCUT2D eigenvalue weighted by atomic mass is 10.4. The molecule has 88 valence electrons. The molecule has 3 N–H and O–H groups in total. The predicted octanol–water partition coefficient (Wildman–Crippen LogP) is 0.106. The largest absolute Gasteiger partial charge is 0.395 e. The van der Waals surface area contributed by atoms with E-state index in [4.69, 9.17) is 5.11 Å². The third-order valence-electron chi connectivity index (χ3n) is 1.79. The molecule has 0 bridgehead atoms. The highest BCUT2D eigenvalue weighted by molar-refractivity contribution is 7.14. The summed E-state index contributed by atoms with van der Waals surface area (Å²) < 4.78 is 0. The van der Waals surface area contributed by atoms with Crippen LogP contribution in [0.1, 0.15) is 21.5 Å². The standard InChI is InChI=1S/C10H14N2O3S/c1-7(14)12-6-8-2-3-9(16-8)10(15)11-4-5-13/h2-3,13H,4-6H2,1H3,(H,11,15)(H,12,14). The number of carbonyl (C=O) groups excluding carboxylic acids is 2. The molecule has 0 aliphatic heterocycles. The maximum absolute atomic E-state index is 11.5. The van der Waals surface area contributed by atoms with Crippen molar-refractivity contribution in [1.29, 1.82) is 0 Å². The van der Waals surface area contributed by atoms with Crippen LogP contribution in [0.4, 0.5) is 0 Å². The Kier molecular flexibility index (Phi) is 4.94. The molecular weight excluding hydrogens is 228 g/mol. The molecule has 0 unspecified atom stereocenters. The van der Waals surface area contributed by atoms with Crippen LogP contribution in [0.5, 0.6) is 0 Å².